The monoisotopic (exact) mass is 754 g/mol. The van der Waals surface area contributed by atoms with Gasteiger partial charge in [-0.1, -0.05) is 73.8 Å². The summed E-state index contributed by atoms with van der Waals surface area (Å²) >= 11 is 0. The fourth-order valence-electron chi connectivity index (χ4n) is 8.15. The summed E-state index contributed by atoms with van der Waals surface area (Å²) in [6, 6.07) is 30.9. The van der Waals surface area contributed by atoms with Gasteiger partial charge in [0.05, 0.1) is 13.2 Å². The van der Waals surface area contributed by atoms with Crippen LogP contribution in [0.4, 0.5) is 0 Å². The predicted molar refractivity (Wildman–Crippen MR) is 225 cm³/mol. The minimum Gasteiger partial charge on any atom is -0.488 e. The zero-order chi connectivity index (χ0) is 40.5. The van der Waals surface area contributed by atoms with Crippen LogP contribution in [-0.2, 0) is 37.3 Å². The minimum atomic E-state index is -0.922. The summed E-state index contributed by atoms with van der Waals surface area (Å²) in [5, 5.41) is 0. The second-order valence-corrected chi connectivity index (χ2v) is 17.5. The Bertz CT molecular complexity index is 2000. The lowest BCUT2D eigenvalue weighted by Gasteiger charge is -2.34. The zero-order valence-corrected chi connectivity index (χ0v) is 34.6. The third-order valence-electron chi connectivity index (χ3n) is 11.6. The molecule has 2 aliphatic rings. The Hall–Kier alpha value is -4.78. The molecule has 0 fully saturated rings. The van der Waals surface area contributed by atoms with E-state index in [1.54, 1.807) is 27.7 Å². The molecule has 294 valence electrons. The molecule has 0 aliphatic heterocycles. The van der Waals surface area contributed by atoms with Crippen molar-refractivity contribution in [3.8, 4) is 22.6 Å². The number of ether oxygens (including phenoxy) is 4. The Morgan fingerprint density at radius 2 is 1.11 bits per heavy atom. The first kappa shape index (κ1) is 40.9. The first-order valence-corrected chi connectivity index (χ1v) is 19.9. The van der Waals surface area contributed by atoms with Gasteiger partial charge >= 0.3 is 0 Å². The predicted octanol–water partition coefficient (Wildman–Crippen LogP) is 10.7. The number of rotatable bonds is 18. The highest BCUT2D eigenvalue weighted by atomic mass is 16.5. The van der Waals surface area contributed by atoms with E-state index in [9.17, 15) is 9.59 Å². The average molecular weight is 755 g/mol. The van der Waals surface area contributed by atoms with E-state index in [0.29, 0.717) is 26.1 Å². The van der Waals surface area contributed by atoms with Crippen LogP contribution in [0.5, 0.6) is 11.5 Å². The maximum atomic E-state index is 12.2. The van der Waals surface area contributed by atoms with Gasteiger partial charge in [0.2, 0.25) is 0 Å². The van der Waals surface area contributed by atoms with Crippen LogP contribution in [-0.4, -0.2) is 47.2 Å². The molecule has 0 saturated heterocycles. The maximum absolute atomic E-state index is 12.2. The number of carbonyl (C=O) groups is 2. The third kappa shape index (κ3) is 8.47. The maximum Gasteiger partial charge on any atom is 0.186 e. The van der Waals surface area contributed by atoms with Crippen molar-refractivity contribution in [2.24, 2.45) is 0 Å². The van der Waals surface area contributed by atoms with E-state index in [-0.39, 0.29) is 17.0 Å². The lowest BCUT2D eigenvalue weighted by Crippen LogP contribution is -2.37. The quantitative estimate of drug-likeness (QED) is 0.0830. The van der Waals surface area contributed by atoms with Crippen molar-refractivity contribution >= 4 is 11.6 Å². The van der Waals surface area contributed by atoms with Crippen LogP contribution in [0.15, 0.2) is 110 Å². The normalized spacial score (nSPS) is 14.7. The van der Waals surface area contributed by atoms with Crippen molar-refractivity contribution in [2.75, 3.05) is 13.2 Å². The SMILES string of the molecule is C=CC(=O)C(C)(C)OCCC(C)(C)Oc1ccc(C2(c3ccc(OC(C)(C)CCOC(C)(C)C(=O)C=C)cc3)CCc3cc4c(cc32)Cc2ccccc2-4)cc1. The number of benzene rings is 4. The summed E-state index contributed by atoms with van der Waals surface area (Å²) < 4.78 is 24.9. The van der Waals surface area contributed by atoms with Gasteiger partial charge in [0, 0.05) is 18.3 Å². The lowest BCUT2D eigenvalue weighted by atomic mass is 9.70. The van der Waals surface area contributed by atoms with E-state index in [0.717, 1.165) is 30.8 Å². The van der Waals surface area contributed by atoms with Crippen molar-refractivity contribution in [1.82, 2.24) is 0 Å². The van der Waals surface area contributed by atoms with Gasteiger partial charge in [-0.3, -0.25) is 9.59 Å². The second-order valence-electron chi connectivity index (χ2n) is 17.5. The van der Waals surface area contributed by atoms with E-state index in [1.165, 1.54) is 56.7 Å². The van der Waals surface area contributed by atoms with Gasteiger partial charge in [0.25, 0.3) is 0 Å². The molecule has 0 unspecified atom stereocenters. The Morgan fingerprint density at radius 3 is 1.59 bits per heavy atom. The van der Waals surface area contributed by atoms with Crippen LogP contribution in [0, 0.1) is 0 Å². The summed E-state index contributed by atoms with van der Waals surface area (Å²) in [5.41, 5.74) is 7.39. The molecule has 0 heterocycles. The van der Waals surface area contributed by atoms with Gasteiger partial charge in [0.1, 0.15) is 33.9 Å². The van der Waals surface area contributed by atoms with Crippen LogP contribution in [0.2, 0.25) is 0 Å². The van der Waals surface area contributed by atoms with Gasteiger partial charge in [-0.2, -0.15) is 0 Å². The number of ketones is 2. The van der Waals surface area contributed by atoms with Crippen molar-refractivity contribution in [1.29, 1.82) is 0 Å². The molecular weight excluding hydrogens is 697 g/mol. The van der Waals surface area contributed by atoms with Crippen molar-refractivity contribution in [3.63, 3.8) is 0 Å². The van der Waals surface area contributed by atoms with Crippen LogP contribution in [0.3, 0.4) is 0 Å². The van der Waals surface area contributed by atoms with E-state index in [1.807, 2.05) is 27.7 Å². The molecule has 6 rings (SSSR count). The van der Waals surface area contributed by atoms with Gasteiger partial charge in [-0.05, 0) is 156 Å². The number of aryl methyl sites for hydroxylation is 1. The molecule has 4 aromatic rings. The standard InChI is InChI=1S/C50H58O6/c1-11-44(51)48(7,8)53-29-27-46(3,4)55-39-21-17-37(18-22-39)50(26-25-35-32-42-36(33-43(35)50)31-34-15-13-14-16-41(34)42)38-19-23-40(24-20-38)56-47(5,6)28-30-54-49(9,10)45(52)12-2/h11-24,32-33H,1-2,25-31H2,3-10H3. The Kier molecular flexibility index (Phi) is 11.4. The smallest absolute Gasteiger partial charge is 0.186 e. The summed E-state index contributed by atoms with van der Waals surface area (Å²) in [6.07, 6.45) is 6.69. The van der Waals surface area contributed by atoms with E-state index in [2.05, 4.69) is 98.1 Å². The van der Waals surface area contributed by atoms with Crippen molar-refractivity contribution in [2.45, 2.75) is 115 Å². The van der Waals surface area contributed by atoms with Gasteiger partial charge < -0.3 is 18.9 Å². The van der Waals surface area contributed by atoms with Crippen molar-refractivity contribution in [3.05, 3.63) is 144 Å². The molecule has 4 aromatic carbocycles. The summed E-state index contributed by atoms with van der Waals surface area (Å²) in [7, 11) is 0. The largest absolute Gasteiger partial charge is 0.488 e. The highest BCUT2D eigenvalue weighted by Gasteiger charge is 2.43. The molecule has 0 atom stereocenters. The molecule has 6 nitrogen and oxygen atoms in total. The third-order valence-corrected chi connectivity index (χ3v) is 11.6. The summed E-state index contributed by atoms with van der Waals surface area (Å²) in [6.45, 7) is 23.2. The van der Waals surface area contributed by atoms with Crippen LogP contribution in [0.25, 0.3) is 11.1 Å². The first-order valence-electron chi connectivity index (χ1n) is 19.9. The molecular formula is C50H58O6. The molecule has 56 heavy (non-hydrogen) atoms. The average Bonchev–Trinajstić information content (AvgIpc) is 3.71. The second kappa shape index (κ2) is 15.6. The Balaban J connectivity index is 1.26. The Morgan fingerprint density at radius 1 is 0.625 bits per heavy atom. The molecule has 2 aliphatic carbocycles. The minimum absolute atomic E-state index is 0.140. The molecule has 0 bridgehead atoms. The highest BCUT2D eigenvalue weighted by Crippen LogP contribution is 2.52. The van der Waals surface area contributed by atoms with E-state index in [4.69, 9.17) is 18.9 Å². The number of carbonyl (C=O) groups excluding carboxylic acids is 2. The topological polar surface area (TPSA) is 71.1 Å². The van der Waals surface area contributed by atoms with Crippen LogP contribution < -0.4 is 9.47 Å². The molecule has 0 N–H and O–H groups in total. The number of hydrogen-bond acceptors (Lipinski definition) is 6. The fourth-order valence-corrected chi connectivity index (χ4v) is 8.15. The molecule has 0 aromatic heterocycles. The number of hydrogen-bond donors (Lipinski definition) is 0. The molecule has 0 amide bonds. The molecule has 0 spiro atoms. The summed E-state index contributed by atoms with van der Waals surface area (Å²) in [4.78, 5) is 24.4. The van der Waals surface area contributed by atoms with Gasteiger partial charge in [-0.25, -0.2) is 0 Å². The molecule has 6 heteroatoms. The molecule has 0 saturated carbocycles. The van der Waals surface area contributed by atoms with Crippen LogP contribution in [0.1, 0.15) is 108 Å². The fraction of sp³-hybridized carbons (Fsp3) is 0.400. The van der Waals surface area contributed by atoms with E-state index >= 15 is 0 Å². The first-order chi connectivity index (χ1) is 26.4. The zero-order valence-electron chi connectivity index (χ0n) is 34.6. The number of fused-ring (bicyclic) bond motifs is 4. The Labute approximate surface area is 333 Å². The summed E-state index contributed by atoms with van der Waals surface area (Å²) in [5.74, 6) is 1.29. The van der Waals surface area contributed by atoms with Crippen LogP contribution >= 0.6 is 0 Å². The van der Waals surface area contributed by atoms with Gasteiger partial charge in [0.15, 0.2) is 11.6 Å². The van der Waals surface area contributed by atoms with Crippen molar-refractivity contribution < 1.29 is 28.5 Å². The van der Waals surface area contributed by atoms with Gasteiger partial charge in [-0.15, -0.1) is 0 Å². The molecule has 0 radical (unpaired) electrons. The lowest BCUT2D eigenvalue weighted by molar-refractivity contribution is -0.136. The highest BCUT2D eigenvalue weighted by molar-refractivity contribution is 5.96. The van der Waals surface area contributed by atoms with E-state index < -0.39 is 22.4 Å².